The Hall–Kier alpha value is -2.33. The zero-order valence-electron chi connectivity index (χ0n) is 16.9. The number of rotatable bonds is 8. The molecule has 3 rings (SSSR count). The molecule has 2 aromatic rings. The second kappa shape index (κ2) is 10.4. The Bertz CT molecular complexity index is 819. The highest BCUT2D eigenvalue weighted by Crippen LogP contribution is 2.22. The van der Waals surface area contributed by atoms with Gasteiger partial charge in [0.05, 0.1) is 6.42 Å². The first-order valence-electron chi connectivity index (χ1n) is 10.5. The van der Waals surface area contributed by atoms with Gasteiger partial charge in [0, 0.05) is 17.6 Å². The van der Waals surface area contributed by atoms with Crippen LogP contribution in [0.1, 0.15) is 50.2 Å². The number of benzene rings is 2. The van der Waals surface area contributed by atoms with Crippen molar-refractivity contribution in [2.45, 2.75) is 64.1 Å². The van der Waals surface area contributed by atoms with Crippen LogP contribution in [0.4, 0.5) is 0 Å². The molecule has 1 aliphatic carbocycles. The van der Waals surface area contributed by atoms with Crippen molar-refractivity contribution >= 4 is 23.4 Å². The first kappa shape index (κ1) is 21.4. The molecule has 0 heterocycles. The maximum Gasteiger partial charge on any atom is 0.243 e. The van der Waals surface area contributed by atoms with Crippen LogP contribution in [-0.4, -0.2) is 28.8 Å². The molecular formula is C24H29ClN2O2. The van der Waals surface area contributed by atoms with E-state index >= 15 is 0 Å². The number of nitrogens with zero attached hydrogens (tertiary/aromatic N) is 1. The third-order valence-electron chi connectivity index (χ3n) is 5.58. The van der Waals surface area contributed by atoms with Gasteiger partial charge in [0.15, 0.2) is 0 Å². The largest absolute Gasteiger partial charge is 0.352 e. The second-order valence-electron chi connectivity index (χ2n) is 7.69. The van der Waals surface area contributed by atoms with Gasteiger partial charge in [0.2, 0.25) is 11.8 Å². The second-order valence-corrected chi connectivity index (χ2v) is 8.10. The predicted octanol–water partition coefficient (Wildman–Crippen LogP) is 4.75. The maximum atomic E-state index is 13.3. The smallest absolute Gasteiger partial charge is 0.243 e. The lowest BCUT2D eigenvalue weighted by Gasteiger charge is -2.32. The van der Waals surface area contributed by atoms with Crippen LogP contribution in [0, 0.1) is 0 Å². The van der Waals surface area contributed by atoms with E-state index in [0.29, 0.717) is 18.0 Å². The van der Waals surface area contributed by atoms with E-state index in [0.717, 1.165) is 36.8 Å². The Morgan fingerprint density at radius 3 is 2.38 bits per heavy atom. The highest BCUT2D eigenvalue weighted by molar-refractivity contribution is 6.31. The number of nitrogens with one attached hydrogen (secondary N) is 1. The Labute approximate surface area is 178 Å². The summed E-state index contributed by atoms with van der Waals surface area (Å²) in [5.74, 6) is -0.127. The van der Waals surface area contributed by atoms with Crippen molar-refractivity contribution in [1.29, 1.82) is 0 Å². The quantitative estimate of drug-likeness (QED) is 0.680. The number of hydrogen-bond donors (Lipinski definition) is 1. The highest BCUT2D eigenvalue weighted by Gasteiger charge is 2.30. The van der Waals surface area contributed by atoms with Crippen molar-refractivity contribution in [3.8, 4) is 0 Å². The average Bonchev–Trinajstić information content (AvgIpc) is 3.23. The molecule has 2 aromatic carbocycles. The standard InChI is InChI=1S/C24H29ClN2O2/c1-2-22(24(29)26-20-13-7-8-14-20)27(17-19-12-6-9-15-21(19)25)23(28)16-18-10-4-3-5-11-18/h3-6,9-12,15,20,22H,2,7-8,13-14,16-17H2,1H3,(H,26,29). The normalized spacial score (nSPS) is 15.1. The minimum Gasteiger partial charge on any atom is -0.352 e. The van der Waals surface area contributed by atoms with Gasteiger partial charge < -0.3 is 10.2 Å². The number of halogens is 1. The third-order valence-corrected chi connectivity index (χ3v) is 5.95. The molecule has 0 aliphatic heterocycles. The van der Waals surface area contributed by atoms with Crippen LogP contribution in [0.15, 0.2) is 54.6 Å². The van der Waals surface area contributed by atoms with Crippen molar-refractivity contribution in [3.63, 3.8) is 0 Å². The topological polar surface area (TPSA) is 49.4 Å². The van der Waals surface area contributed by atoms with Gasteiger partial charge in [0.25, 0.3) is 0 Å². The van der Waals surface area contributed by atoms with Gasteiger partial charge in [-0.15, -0.1) is 0 Å². The van der Waals surface area contributed by atoms with Gasteiger partial charge in [-0.25, -0.2) is 0 Å². The molecule has 0 radical (unpaired) electrons. The zero-order valence-corrected chi connectivity index (χ0v) is 17.7. The van der Waals surface area contributed by atoms with Gasteiger partial charge in [-0.1, -0.05) is 79.9 Å². The number of carbonyl (C=O) groups excluding carboxylic acids is 2. The number of amides is 2. The first-order valence-corrected chi connectivity index (χ1v) is 10.8. The first-order chi connectivity index (χ1) is 14.1. The Morgan fingerprint density at radius 1 is 1.07 bits per heavy atom. The average molecular weight is 413 g/mol. The Balaban J connectivity index is 1.82. The van der Waals surface area contributed by atoms with Gasteiger partial charge in [-0.05, 0) is 36.5 Å². The molecule has 1 fully saturated rings. The fourth-order valence-corrected chi connectivity index (χ4v) is 4.16. The van der Waals surface area contributed by atoms with E-state index in [1.807, 2.05) is 61.5 Å². The lowest BCUT2D eigenvalue weighted by Crippen LogP contribution is -2.51. The van der Waals surface area contributed by atoms with E-state index in [-0.39, 0.29) is 24.3 Å². The highest BCUT2D eigenvalue weighted by atomic mass is 35.5. The molecule has 154 valence electrons. The molecule has 1 saturated carbocycles. The van der Waals surface area contributed by atoms with Crippen molar-refractivity contribution in [2.75, 3.05) is 0 Å². The third kappa shape index (κ3) is 5.83. The molecule has 1 unspecified atom stereocenters. The van der Waals surface area contributed by atoms with Crippen LogP contribution in [-0.2, 0) is 22.6 Å². The van der Waals surface area contributed by atoms with Crippen LogP contribution < -0.4 is 5.32 Å². The van der Waals surface area contributed by atoms with Crippen LogP contribution in [0.5, 0.6) is 0 Å². The zero-order chi connectivity index (χ0) is 20.6. The van der Waals surface area contributed by atoms with E-state index < -0.39 is 6.04 Å². The van der Waals surface area contributed by atoms with E-state index in [1.165, 1.54) is 0 Å². The lowest BCUT2D eigenvalue weighted by atomic mass is 10.1. The summed E-state index contributed by atoms with van der Waals surface area (Å²) in [5.41, 5.74) is 1.79. The molecule has 1 aliphatic rings. The summed E-state index contributed by atoms with van der Waals surface area (Å²) in [6.45, 7) is 2.27. The van der Waals surface area contributed by atoms with Gasteiger partial charge in [-0.3, -0.25) is 9.59 Å². The molecule has 0 aromatic heterocycles. The molecule has 1 N–H and O–H groups in total. The molecule has 5 heteroatoms. The molecule has 4 nitrogen and oxygen atoms in total. The van der Waals surface area contributed by atoms with E-state index in [9.17, 15) is 9.59 Å². The predicted molar refractivity (Wildman–Crippen MR) is 117 cm³/mol. The van der Waals surface area contributed by atoms with Crippen LogP contribution in [0.2, 0.25) is 5.02 Å². The monoisotopic (exact) mass is 412 g/mol. The van der Waals surface area contributed by atoms with Crippen molar-refractivity contribution in [2.24, 2.45) is 0 Å². The summed E-state index contributed by atoms with van der Waals surface area (Å²) < 4.78 is 0. The summed E-state index contributed by atoms with van der Waals surface area (Å²) in [4.78, 5) is 28.0. The van der Waals surface area contributed by atoms with Crippen molar-refractivity contribution in [1.82, 2.24) is 10.2 Å². The summed E-state index contributed by atoms with van der Waals surface area (Å²) in [6.07, 6.45) is 5.16. The minimum absolute atomic E-state index is 0.0622. The lowest BCUT2D eigenvalue weighted by molar-refractivity contribution is -0.141. The van der Waals surface area contributed by atoms with Crippen molar-refractivity contribution in [3.05, 3.63) is 70.7 Å². The Kier molecular flexibility index (Phi) is 7.70. The van der Waals surface area contributed by atoms with Gasteiger partial charge in [-0.2, -0.15) is 0 Å². The molecule has 0 saturated heterocycles. The summed E-state index contributed by atoms with van der Waals surface area (Å²) in [6, 6.07) is 16.9. The molecule has 0 bridgehead atoms. The molecule has 0 spiro atoms. The summed E-state index contributed by atoms with van der Waals surface area (Å²) in [5, 5.41) is 3.77. The van der Waals surface area contributed by atoms with E-state index in [2.05, 4.69) is 5.32 Å². The van der Waals surface area contributed by atoms with Crippen molar-refractivity contribution < 1.29 is 9.59 Å². The minimum atomic E-state index is -0.511. The number of carbonyl (C=O) groups is 2. The van der Waals surface area contributed by atoms with E-state index in [1.54, 1.807) is 4.90 Å². The fraction of sp³-hybridized carbons (Fsp3) is 0.417. The number of hydrogen-bond acceptors (Lipinski definition) is 2. The Morgan fingerprint density at radius 2 is 1.72 bits per heavy atom. The summed E-state index contributed by atoms with van der Waals surface area (Å²) >= 11 is 6.36. The van der Waals surface area contributed by atoms with Crippen LogP contribution >= 0.6 is 11.6 Å². The molecular weight excluding hydrogens is 384 g/mol. The molecule has 2 amide bonds. The van der Waals surface area contributed by atoms with Crippen LogP contribution in [0.25, 0.3) is 0 Å². The molecule has 1 atom stereocenters. The molecule has 29 heavy (non-hydrogen) atoms. The van der Waals surface area contributed by atoms with Gasteiger partial charge in [0.1, 0.15) is 6.04 Å². The SMILES string of the molecule is CCC(C(=O)NC1CCCC1)N(Cc1ccccc1Cl)C(=O)Cc1ccccc1. The van der Waals surface area contributed by atoms with Crippen LogP contribution in [0.3, 0.4) is 0 Å². The summed E-state index contributed by atoms with van der Waals surface area (Å²) in [7, 11) is 0. The fourth-order valence-electron chi connectivity index (χ4n) is 3.97. The van der Waals surface area contributed by atoms with Gasteiger partial charge >= 0.3 is 0 Å². The van der Waals surface area contributed by atoms with E-state index in [4.69, 9.17) is 11.6 Å². The maximum absolute atomic E-state index is 13.3.